The molecule has 3 heterocycles. The number of nitrogens with one attached hydrogen (secondary N) is 1. The second-order valence-corrected chi connectivity index (χ2v) is 8.30. The molecule has 33 heavy (non-hydrogen) atoms. The van der Waals surface area contributed by atoms with Crippen LogP contribution >= 0.6 is 24.0 Å². The van der Waals surface area contributed by atoms with Crippen LogP contribution in [0.5, 0.6) is 5.75 Å². The summed E-state index contributed by atoms with van der Waals surface area (Å²) in [6, 6.07) is 8.23. The second-order valence-electron chi connectivity index (χ2n) is 8.30. The number of halogens is 1. The van der Waals surface area contributed by atoms with E-state index in [1.165, 1.54) is 5.69 Å². The first kappa shape index (κ1) is 25.4. The van der Waals surface area contributed by atoms with Gasteiger partial charge in [0, 0.05) is 70.5 Å². The number of aliphatic imine (C=N–C) groups is 1. The zero-order chi connectivity index (χ0) is 22.3. The van der Waals surface area contributed by atoms with Crippen LogP contribution in [0.3, 0.4) is 0 Å². The van der Waals surface area contributed by atoms with Gasteiger partial charge in [-0.05, 0) is 38.3 Å². The molecule has 0 spiro atoms. The smallest absolute Gasteiger partial charge is 0.345 e. The van der Waals surface area contributed by atoms with Gasteiger partial charge in [0.05, 0.1) is 7.11 Å². The zero-order valence-electron chi connectivity index (χ0n) is 19.7. The number of benzene rings is 1. The number of aryl methyl sites for hydroxylation is 2. The van der Waals surface area contributed by atoms with E-state index in [0.29, 0.717) is 13.1 Å². The molecule has 9 nitrogen and oxygen atoms in total. The lowest BCUT2D eigenvalue weighted by Gasteiger charge is -2.37. The van der Waals surface area contributed by atoms with E-state index in [0.717, 1.165) is 82.5 Å². The minimum atomic E-state index is 0. The van der Waals surface area contributed by atoms with Crippen molar-refractivity contribution in [3.05, 3.63) is 40.6 Å². The van der Waals surface area contributed by atoms with Gasteiger partial charge in [0.1, 0.15) is 11.6 Å². The van der Waals surface area contributed by atoms with Crippen LogP contribution in [0.4, 0.5) is 5.69 Å². The number of aromatic nitrogens is 3. The number of methoxy groups -OCH3 is 1. The summed E-state index contributed by atoms with van der Waals surface area (Å²) in [5, 5.41) is 7.94. The molecule has 1 saturated heterocycles. The summed E-state index contributed by atoms with van der Waals surface area (Å²) in [4.78, 5) is 22.0. The molecular weight excluding hydrogens is 533 g/mol. The van der Waals surface area contributed by atoms with Gasteiger partial charge in [-0.1, -0.05) is 6.07 Å². The largest absolute Gasteiger partial charge is 0.497 e. The molecule has 4 rings (SSSR count). The van der Waals surface area contributed by atoms with Crippen molar-refractivity contribution in [1.29, 1.82) is 0 Å². The van der Waals surface area contributed by atoms with E-state index in [1.807, 2.05) is 16.7 Å². The first-order chi connectivity index (χ1) is 15.7. The highest BCUT2D eigenvalue weighted by molar-refractivity contribution is 14.0. The average Bonchev–Trinajstić information content (AvgIpc) is 3.16. The normalized spacial score (nSPS) is 16.2. The molecule has 1 aromatic heterocycles. The van der Waals surface area contributed by atoms with Gasteiger partial charge in [-0.25, -0.2) is 9.48 Å². The molecule has 1 N–H and O–H groups in total. The molecule has 0 atom stereocenters. The predicted octanol–water partition coefficient (Wildman–Crippen LogP) is 2.19. The number of piperazine rings is 1. The van der Waals surface area contributed by atoms with Crippen molar-refractivity contribution < 1.29 is 4.74 Å². The monoisotopic (exact) mass is 569 g/mol. The molecule has 0 radical (unpaired) electrons. The van der Waals surface area contributed by atoms with Crippen LogP contribution in [0.2, 0.25) is 0 Å². The molecular formula is C23H36IN7O2. The van der Waals surface area contributed by atoms with Crippen LogP contribution in [0.1, 0.15) is 32.0 Å². The fourth-order valence-electron chi connectivity index (χ4n) is 4.41. The topological polar surface area (TPSA) is 79.9 Å². The maximum Gasteiger partial charge on any atom is 0.345 e. The molecule has 0 amide bonds. The maximum absolute atomic E-state index is 12.5. The number of anilines is 1. The summed E-state index contributed by atoms with van der Waals surface area (Å²) >= 11 is 0. The Morgan fingerprint density at radius 2 is 2.00 bits per heavy atom. The van der Waals surface area contributed by atoms with E-state index in [2.05, 4.69) is 39.3 Å². The summed E-state index contributed by atoms with van der Waals surface area (Å²) in [6.45, 7) is 8.73. The molecule has 1 fully saturated rings. The van der Waals surface area contributed by atoms with Crippen molar-refractivity contribution in [2.75, 3.05) is 51.3 Å². The molecule has 1 aromatic carbocycles. The molecule has 0 aliphatic carbocycles. The summed E-state index contributed by atoms with van der Waals surface area (Å²) in [5.41, 5.74) is 1.23. The number of nitrogens with zero attached hydrogens (tertiary/aromatic N) is 6. The maximum atomic E-state index is 12.5. The lowest BCUT2D eigenvalue weighted by atomic mass is 10.2. The van der Waals surface area contributed by atoms with Crippen LogP contribution in [0.25, 0.3) is 0 Å². The average molecular weight is 569 g/mol. The molecule has 2 aliphatic rings. The first-order valence-corrected chi connectivity index (χ1v) is 11.8. The fraction of sp³-hybridized carbons (Fsp3) is 0.609. The van der Waals surface area contributed by atoms with Gasteiger partial charge >= 0.3 is 5.69 Å². The van der Waals surface area contributed by atoms with Crippen LogP contribution < -0.4 is 20.6 Å². The Balaban J connectivity index is 0.00000306. The highest BCUT2D eigenvalue weighted by Crippen LogP contribution is 2.22. The number of guanidine groups is 1. The quantitative estimate of drug-likeness (QED) is 0.239. The van der Waals surface area contributed by atoms with Crippen molar-refractivity contribution in [3.63, 3.8) is 0 Å². The number of ether oxygens (including phenoxy) is 1. The van der Waals surface area contributed by atoms with Gasteiger partial charge in [0.2, 0.25) is 0 Å². The molecule has 0 unspecified atom stereocenters. The Morgan fingerprint density at radius 1 is 1.18 bits per heavy atom. The predicted molar refractivity (Wildman–Crippen MR) is 142 cm³/mol. The SMILES string of the molecule is CCNC(=NCCCn1nc2n(c1=O)CCCC2)N1CCN(c2cccc(OC)c2)CC1.I. The third-order valence-corrected chi connectivity index (χ3v) is 6.15. The van der Waals surface area contributed by atoms with E-state index < -0.39 is 0 Å². The molecule has 0 saturated carbocycles. The van der Waals surface area contributed by atoms with Crippen molar-refractivity contribution >= 4 is 35.6 Å². The Hall–Kier alpha value is -2.24. The molecule has 0 bridgehead atoms. The minimum Gasteiger partial charge on any atom is -0.497 e. The fourth-order valence-corrected chi connectivity index (χ4v) is 4.41. The number of hydrogen-bond donors (Lipinski definition) is 1. The van der Waals surface area contributed by atoms with Gasteiger partial charge < -0.3 is 19.9 Å². The Labute approximate surface area is 212 Å². The van der Waals surface area contributed by atoms with Crippen molar-refractivity contribution in [2.45, 2.75) is 45.7 Å². The van der Waals surface area contributed by atoms with Crippen molar-refractivity contribution in [3.8, 4) is 5.75 Å². The standard InChI is InChI=1S/C23H35N7O2.HI/c1-3-24-22(25-11-7-13-30-23(31)29-12-5-4-10-21(29)26-30)28-16-14-27(15-17-28)19-8-6-9-20(18-19)32-2;/h6,8-9,18H,3-5,7,10-17H2,1-2H3,(H,24,25);1H. The highest BCUT2D eigenvalue weighted by atomic mass is 127. The number of hydrogen-bond acceptors (Lipinski definition) is 5. The second kappa shape index (κ2) is 12.3. The van der Waals surface area contributed by atoms with Crippen LogP contribution in [-0.2, 0) is 19.5 Å². The van der Waals surface area contributed by atoms with E-state index in [-0.39, 0.29) is 29.7 Å². The van der Waals surface area contributed by atoms with E-state index >= 15 is 0 Å². The van der Waals surface area contributed by atoms with E-state index in [1.54, 1.807) is 11.8 Å². The van der Waals surface area contributed by atoms with Gasteiger partial charge in [-0.2, -0.15) is 5.10 Å². The van der Waals surface area contributed by atoms with E-state index in [9.17, 15) is 4.79 Å². The number of rotatable bonds is 7. The summed E-state index contributed by atoms with van der Waals surface area (Å²) in [5.74, 6) is 2.78. The van der Waals surface area contributed by atoms with Crippen LogP contribution in [0, 0.1) is 0 Å². The summed E-state index contributed by atoms with van der Waals surface area (Å²) in [6.07, 6.45) is 3.90. The Bertz CT molecular complexity index is 979. The van der Waals surface area contributed by atoms with Gasteiger partial charge in [-0.15, -0.1) is 24.0 Å². The van der Waals surface area contributed by atoms with Gasteiger partial charge in [0.25, 0.3) is 0 Å². The molecule has 2 aliphatic heterocycles. The Kier molecular flexibility index (Phi) is 9.45. The molecule has 10 heteroatoms. The number of fused-ring (bicyclic) bond motifs is 1. The van der Waals surface area contributed by atoms with Crippen molar-refractivity contribution in [1.82, 2.24) is 24.6 Å². The third-order valence-electron chi connectivity index (χ3n) is 6.15. The molecule has 2 aromatic rings. The zero-order valence-corrected chi connectivity index (χ0v) is 22.0. The van der Waals surface area contributed by atoms with Crippen LogP contribution in [0.15, 0.2) is 34.1 Å². The highest BCUT2D eigenvalue weighted by Gasteiger charge is 2.20. The first-order valence-electron chi connectivity index (χ1n) is 11.8. The minimum absolute atomic E-state index is 0. The van der Waals surface area contributed by atoms with E-state index in [4.69, 9.17) is 9.73 Å². The third kappa shape index (κ3) is 6.21. The lowest BCUT2D eigenvalue weighted by Crippen LogP contribution is -2.52. The van der Waals surface area contributed by atoms with Gasteiger partial charge in [-0.3, -0.25) is 9.56 Å². The lowest BCUT2D eigenvalue weighted by molar-refractivity contribution is 0.371. The summed E-state index contributed by atoms with van der Waals surface area (Å²) in [7, 11) is 1.70. The summed E-state index contributed by atoms with van der Waals surface area (Å²) < 4.78 is 8.81. The van der Waals surface area contributed by atoms with Gasteiger partial charge in [0.15, 0.2) is 5.96 Å². The van der Waals surface area contributed by atoms with Crippen molar-refractivity contribution in [2.24, 2.45) is 4.99 Å². The Morgan fingerprint density at radius 3 is 2.73 bits per heavy atom. The molecule has 182 valence electrons. The van der Waals surface area contributed by atoms with Crippen LogP contribution in [-0.4, -0.2) is 71.6 Å².